The molecular weight excluding hydrogens is 440 g/mol. The largest absolute Gasteiger partial charge is 0.465 e. The van der Waals surface area contributed by atoms with Gasteiger partial charge in [0, 0.05) is 4.88 Å². The van der Waals surface area contributed by atoms with Crippen molar-refractivity contribution in [3.05, 3.63) is 51.1 Å². The molecule has 0 saturated carbocycles. The molecular formula is C25H30N2O3S2. The summed E-state index contributed by atoms with van der Waals surface area (Å²) >= 11 is 2.93. The number of nitrogens with zero attached hydrogens (tertiary/aromatic N) is 2. The highest BCUT2D eigenvalue weighted by molar-refractivity contribution is 8.00. The van der Waals surface area contributed by atoms with Gasteiger partial charge >= 0.3 is 5.97 Å². The molecule has 4 rings (SSSR count). The quantitative estimate of drug-likeness (QED) is 0.181. The Labute approximate surface area is 197 Å². The Morgan fingerprint density at radius 3 is 2.84 bits per heavy atom. The number of thioether (sulfide) groups is 1. The number of ether oxygens (including phenoxy) is 1. The second-order valence-corrected chi connectivity index (χ2v) is 10.9. The summed E-state index contributed by atoms with van der Waals surface area (Å²) in [6, 6.07) is 9.58. The number of aryl methyl sites for hydroxylation is 1. The topological polar surface area (TPSA) is 61.2 Å². The summed E-state index contributed by atoms with van der Waals surface area (Å²) in [5, 5.41) is 0.837. The molecule has 0 saturated heterocycles. The minimum atomic E-state index is -0.453. The van der Waals surface area contributed by atoms with E-state index in [9.17, 15) is 9.59 Å². The van der Waals surface area contributed by atoms with E-state index in [4.69, 9.17) is 9.72 Å². The Morgan fingerprint density at radius 1 is 1.31 bits per heavy atom. The van der Waals surface area contributed by atoms with Crippen LogP contribution in [0.3, 0.4) is 0 Å². The van der Waals surface area contributed by atoms with Gasteiger partial charge < -0.3 is 4.74 Å². The second-order valence-electron chi connectivity index (χ2n) is 8.54. The van der Waals surface area contributed by atoms with Crippen molar-refractivity contribution in [2.45, 2.75) is 69.7 Å². The SMILES string of the molecule is CCCCCOC(=O)C(C)Sc1nc2sc3c(c2c(=O)n1-c1ccccc1)CCC(C)C3. The standard InChI is InChI=1S/C25H30N2O3S2/c1-4-5-9-14-30-24(29)17(3)31-25-26-22-21(19-13-12-16(2)15-20(19)32-22)23(28)27(25)18-10-7-6-8-11-18/h6-8,10-11,16-17H,4-5,9,12-15H2,1-3H3. The summed E-state index contributed by atoms with van der Waals surface area (Å²) in [4.78, 5) is 33.3. The predicted octanol–water partition coefficient (Wildman–Crippen LogP) is 5.79. The van der Waals surface area contributed by atoms with Crippen molar-refractivity contribution in [2.24, 2.45) is 5.92 Å². The lowest BCUT2D eigenvalue weighted by molar-refractivity contribution is -0.142. The predicted molar refractivity (Wildman–Crippen MR) is 132 cm³/mol. The van der Waals surface area contributed by atoms with E-state index < -0.39 is 5.25 Å². The van der Waals surface area contributed by atoms with Crippen LogP contribution < -0.4 is 5.56 Å². The number of unbranched alkanes of at least 4 members (excludes halogenated alkanes) is 2. The molecule has 32 heavy (non-hydrogen) atoms. The molecule has 2 unspecified atom stereocenters. The van der Waals surface area contributed by atoms with E-state index >= 15 is 0 Å². The van der Waals surface area contributed by atoms with Crippen LogP contribution in [0.2, 0.25) is 0 Å². The van der Waals surface area contributed by atoms with Gasteiger partial charge in [-0.2, -0.15) is 0 Å². The molecule has 1 aliphatic carbocycles. The molecule has 2 heterocycles. The zero-order valence-corrected chi connectivity index (χ0v) is 20.6. The smallest absolute Gasteiger partial charge is 0.319 e. The van der Waals surface area contributed by atoms with Crippen LogP contribution in [-0.2, 0) is 22.4 Å². The summed E-state index contributed by atoms with van der Waals surface area (Å²) < 4.78 is 7.11. The van der Waals surface area contributed by atoms with Crippen LogP contribution in [0.25, 0.3) is 15.9 Å². The molecule has 2 atom stereocenters. The number of carbonyl (C=O) groups is 1. The highest BCUT2D eigenvalue weighted by Gasteiger charge is 2.27. The molecule has 0 radical (unpaired) electrons. The Kier molecular flexibility index (Phi) is 7.36. The van der Waals surface area contributed by atoms with Crippen molar-refractivity contribution in [1.82, 2.24) is 9.55 Å². The van der Waals surface area contributed by atoms with E-state index in [-0.39, 0.29) is 11.5 Å². The van der Waals surface area contributed by atoms with E-state index in [0.29, 0.717) is 17.7 Å². The molecule has 0 aliphatic heterocycles. The van der Waals surface area contributed by atoms with Gasteiger partial charge in [-0.3, -0.25) is 14.2 Å². The third kappa shape index (κ3) is 4.79. The first-order valence-corrected chi connectivity index (χ1v) is 13.1. The number of aromatic nitrogens is 2. The first-order valence-electron chi connectivity index (χ1n) is 11.5. The minimum absolute atomic E-state index is 0.0423. The minimum Gasteiger partial charge on any atom is -0.465 e. The molecule has 0 amide bonds. The average molecular weight is 471 g/mol. The number of thiophene rings is 1. The van der Waals surface area contributed by atoms with E-state index in [2.05, 4.69) is 13.8 Å². The van der Waals surface area contributed by atoms with Crippen molar-refractivity contribution in [3.8, 4) is 5.69 Å². The lowest BCUT2D eigenvalue weighted by Gasteiger charge is -2.18. The van der Waals surface area contributed by atoms with Gasteiger partial charge in [0.25, 0.3) is 5.56 Å². The average Bonchev–Trinajstić information content (AvgIpc) is 3.14. The van der Waals surface area contributed by atoms with Crippen LogP contribution in [0.15, 0.2) is 40.3 Å². The van der Waals surface area contributed by atoms with Crippen molar-refractivity contribution in [2.75, 3.05) is 6.61 Å². The van der Waals surface area contributed by atoms with E-state index in [1.54, 1.807) is 15.9 Å². The molecule has 1 aliphatic rings. The number of hydrogen-bond acceptors (Lipinski definition) is 6. The van der Waals surface area contributed by atoms with Crippen LogP contribution >= 0.6 is 23.1 Å². The molecule has 7 heteroatoms. The van der Waals surface area contributed by atoms with Gasteiger partial charge in [0.2, 0.25) is 0 Å². The summed E-state index contributed by atoms with van der Waals surface area (Å²) in [5.74, 6) is 0.364. The molecule has 2 aromatic heterocycles. The Balaban J connectivity index is 1.72. The summed E-state index contributed by atoms with van der Waals surface area (Å²) in [7, 11) is 0. The number of carbonyl (C=O) groups excluding carboxylic acids is 1. The van der Waals surface area contributed by atoms with Crippen molar-refractivity contribution < 1.29 is 9.53 Å². The van der Waals surface area contributed by atoms with E-state index in [1.807, 2.05) is 37.3 Å². The zero-order valence-electron chi connectivity index (χ0n) is 18.9. The van der Waals surface area contributed by atoms with Gasteiger partial charge in [-0.15, -0.1) is 11.3 Å². The lowest BCUT2D eigenvalue weighted by atomic mass is 9.89. The first-order chi connectivity index (χ1) is 15.5. The fraction of sp³-hybridized carbons (Fsp3) is 0.480. The fourth-order valence-corrected chi connectivity index (χ4v) is 6.45. The van der Waals surface area contributed by atoms with Crippen LogP contribution in [0.5, 0.6) is 0 Å². The number of fused-ring (bicyclic) bond motifs is 3. The van der Waals surface area contributed by atoms with Crippen LogP contribution in [0.4, 0.5) is 0 Å². The fourth-order valence-electron chi connectivity index (χ4n) is 4.10. The van der Waals surface area contributed by atoms with Crippen LogP contribution in [0.1, 0.15) is 56.9 Å². The number of rotatable bonds is 8. The maximum Gasteiger partial charge on any atom is 0.319 e. The van der Waals surface area contributed by atoms with Crippen LogP contribution in [0, 0.1) is 5.92 Å². The Hall–Kier alpha value is -2.12. The number of hydrogen-bond donors (Lipinski definition) is 0. The molecule has 0 N–H and O–H groups in total. The number of benzene rings is 1. The highest BCUT2D eigenvalue weighted by Crippen LogP contribution is 2.37. The van der Waals surface area contributed by atoms with Gasteiger partial charge in [-0.25, -0.2) is 4.98 Å². The molecule has 0 spiro atoms. The van der Waals surface area contributed by atoms with Crippen molar-refractivity contribution in [3.63, 3.8) is 0 Å². The second kappa shape index (κ2) is 10.2. The normalized spacial score (nSPS) is 16.7. The molecule has 3 aromatic rings. The summed E-state index contributed by atoms with van der Waals surface area (Å²) in [6.07, 6.45) is 6.03. The maximum atomic E-state index is 13.8. The Bertz CT molecular complexity index is 1150. The Morgan fingerprint density at radius 2 is 2.09 bits per heavy atom. The summed E-state index contributed by atoms with van der Waals surface area (Å²) in [6.45, 7) is 6.64. The van der Waals surface area contributed by atoms with Gasteiger partial charge in [0.1, 0.15) is 10.1 Å². The third-order valence-electron chi connectivity index (χ3n) is 5.92. The summed E-state index contributed by atoms with van der Waals surface area (Å²) in [5.41, 5.74) is 1.89. The molecule has 5 nitrogen and oxygen atoms in total. The van der Waals surface area contributed by atoms with Crippen molar-refractivity contribution in [1.29, 1.82) is 0 Å². The maximum absolute atomic E-state index is 13.8. The highest BCUT2D eigenvalue weighted by atomic mass is 32.2. The first kappa shape index (κ1) is 23.1. The third-order valence-corrected chi connectivity index (χ3v) is 8.10. The van der Waals surface area contributed by atoms with Gasteiger partial charge in [0.05, 0.1) is 17.7 Å². The van der Waals surface area contributed by atoms with Gasteiger partial charge in [-0.05, 0) is 56.2 Å². The number of esters is 1. The molecule has 170 valence electrons. The van der Waals surface area contributed by atoms with E-state index in [1.165, 1.54) is 22.2 Å². The molecule has 0 fully saturated rings. The lowest BCUT2D eigenvalue weighted by Crippen LogP contribution is -2.25. The van der Waals surface area contributed by atoms with Gasteiger partial charge in [-0.1, -0.05) is 56.7 Å². The molecule has 0 bridgehead atoms. The monoisotopic (exact) mass is 470 g/mol. The van der Waals surface area contributed by atoms with Crippen molar-refractivity contribution >= 4 is 39.3 Å². The molecule has 1 aromatic carbocycles. The van der Waals surface area contributed by atoms with Gasteiger partial charge in [0.15, 0.2) is 5.16 Å². The van der Waals surface area contributed by atoms with E-state index in [0.717, 1.165) is 54.4 Å². The van der Waals surface area contributed by atoms with Crippen LogP contribution in [-0.4, -0.2) is 27.4 Å². The number of para-hydroxylation sites is 1. The zero-order chi connectivity index (χ0) is 22.7.